The van der Waals surface area contributed by atoms with Crippen molar-refractivity contribution in [1.29, 1.82) is 0 Å². The van der Waals surface area contributed by atoms with Crippen molar-refractivity contribution in [3.63, 3.8) is 0 Å². The number of fused-ring (bicyclic) bond motifs is 1. The summed E-state index contributed by atoms with van der Waals surface area (Å²) in [6, 6.07) is 7.63. The lowest BCUT2D eigenvalue weighted by atomic mass is 9.92. The van der Waals surface area contributed by atoms with Crippen LogP contribution in [0.3, 0.4) is 0 Å². The van der Waals surface area contributed by atoms with Gasteiger partial charge in [-0.15, -0.1) is 0 Å². The van der Waals surface area contributed by atoms with Crippen LogP contribution < -0.4 is 11.1 Å². The zero-order valence-electron chi connectivity index (χ0n) is 12.7. The number of carbonyl (C=O) groups is 2. The van der Waals surface area contributed by atoms with Crippen molar-refractivity contribution >= 4 is 22.8 Å². The minimum Gasteiger partial charge on any atom is -0.480 e. The number of carboxylic acids is 1. The quantitative estimate of drug-likeness (QED) is 0.602. The average Bonchev–Trinajstić information content (AvgIpc) is 2.88. The van der Waals surface area contributed by atoms with Gasteiger partial charge in [0, 0.05) is 29.7 Å². The first-order valence-corrected chi connectivity index (χ1v) is 7.14. The molecule has 1 heterocycles. The van der Waals surface area contributed by atoms with E-state index in [9.17, 15) is 9.59 Å². The Bertz CT molecular complexity index is 691. The van der Waals surface area contributed by atoms with Gasteiger partial charge >= 0.3 is 5.97 Å². The number of nitrogens with one attached hydrogen (secondary N) is 2. The molecule has 2 rings (SSSR count). The van der Waals surface area contributed by atoms with Gasteiger partial charge in [0.2, 0.25) is 5.91 Å². The molecule has 1 amide bonds. The Morgan fingerprint density at radius 2 is 2.05 bits per heavy atom. The van der Waals surface area contributed by atoms with Crippen LogP contribution in [0.4, 0.5) is 0 Å². The summed E-state index contributed by atoms with van der Waals surface area (Å²) in [7, 11) is 0. The smallest absolute Gasteiger partial charge is 0.318 e. The topological polar surface area (TPSA) is 108 Å². The van der Waals surface area contributed by atoms with E-state index in [0.29, 0.717) is 6.42 Å². The maximum atomic E-state index is 11.9. The van der Waals surface area contributed by atoms with E-state index in [-0.39, 0.29) is 12.6 Å². The lowest BCUT2D eigenvalue weighted by Crippen LogP contribution is -2.46. The van der Waals surface area contributed by atoms with E-state index in [2.05, 4.69) is 10.3 Å². The SMILES string of the molecule is CC(C)(C(=O)O)C(=O)NCC(N)Cc1c[nH]c2ccccc12. The molecule has 0 spiro atoms. The predicted octanol–water partition coefficient (Wildman–Crippen LogP) is 1.26. The van der Waals surface area contributed by atoms with Crippen LogP contribution >= 0.6 is 0 Å². The molecule has 6 heteroatoms. The van der Waals surface area contributed by atoms with Crippen molar-refractivity contribution in [2.75, 3.05) is 6.54 Å². The second-order valence-electron chi connectivity index (χ2n) is 5.96. The Kier molecular flexibility index (Phi) is 4.51. The van der Waals surface area contributed by atoms with Gasteiger partial charge in [-0.1, -0.05) is 18.2 Å². The number of para-hydroxylation sites is 1. The molecule has 0 fully saturated rings. The van der Waals surface area contributed by atoms with E-state index >= 15 is 0 Å². The Morgan fingerprint density at radius 3 is 2.73 bits per heavy atom. The zero-order chi connectivity index (χ0) is 16.3. The maximum Gasteiger partial charge on any atom is 0.318 e. The third-order valence-electron chi connectivity index (χ3n) is 3.78. The summed E-state index contributed by atoms with van der Waals surface area (Å²) in [6.45, 7) is 2.97. The molecular weight excluding hydrogens is 282 g/mol. The summed E-state index contributed by atoms with van der Waals surface area (Å²) in [5, 5.41) is 12.7. The van der Waals surface area contributed by atoms with E-state index in [0.717, 1.165) is 16.5 Å². The number of rotatable bonds is 6. The molecule has 0 aliphatic rings. The van der Waals surface area contributed by atoms with Crippen molar-refractivity contribution in [1.82, 2.24) is 10.3 Å². The molecule has 1 aromatic heterocycles. The monoisotopic (exact) mass is 303 g/mol. The van der Waals surface area contributed by atoms with E-state index in [1.807, 2.05) is 30.5 Å². The number of aliphatic carboxylic acids is 1. The third kappa shape index (κ3) is 3.28. The molecule has 1 aromatic carbocycles. The highest BCUT2D eigenvalue weighted by atomic mass is 16.4. The molecule has 118 valence electrons. The van der Waals surface area contributed by atoms with E-state index < -0.39 is 17.3 Å². The number of hydrogen-bond acceptors (Lipinski definition) is 3. The highest BCUT2D eigenvalue weighted by Gasteiger charge is 2.35. The Morgan fingerprint density at radius 1 is 1.36 bits per heavy atom. The second-order valence-corrected chi connectivity index (χ2v) is 5.96. The summed E-state index contributed by atoms with van der Waals surface area (Å²) in [5.41, 5.74) is 6.71. The minimum absolute atomic E-state index is 0.231. The Labute approximate surface area is 128 Å². The summed E-state index contributed by atoms with van der Waals surface area (Å²) in [5.74, 6) is -1.69. The summed E-state index contributed by atoms with van der Waals surface area (Å²) < 4.78 is 0. The second kappa shape index (κ2) is 6.19. The molecule has 0 bridgehead atoms. The fraction of sp³-hybridized carbons (Fsp3) is 0.375. The average molecular weight is 303 g/mol. The largest absolute Gasteiger partial charge is 0.480 e. The van der Waals surface area contributed by atoms with Crippen LogP contribution in [0, 0.1) is 5.41 Å². The van der Waals surface area contributed by atoms with Crippen LogP contribution in [0.2, 0.25) is 0 Å². The van der Waals surface area contributed by atoms with E-state index in [1.165, 1.54) is 13.8 Å². The van der Waals surface area contributed by atoms with Gasteiger partial charge in [-0.3, -0.25) is 9.59 Å². The normalized spacial score (nSPS) is 13.0. The van der Waals surface area contributed by atoms with Gasteiger partial charge in [0.05, 0.1) is 0 Å². The number of carbonyl (C=O) groups excluding carboxylic acids is 1. The number of amides is 1. The fourth-order valence-electron chi connectivity index (χ4n) is 2.20. The van der Waals surface area contributed by atoms with Crippen molar-refractivity contribution in [3.05, 3.63) is 36.0 Å². The minimum atomic E-state index is -1.46. The van der Waals surface area contributed by atoms with Crippen molar-refractivity contribution < 1.29 is 14.7 Å². The Hall–Kier alpha value is -2.34. The molecule has 2 aromatic rings. The third-order valence-corrected chi connectivity index (χ3v) is 3.78. The van der Waals surface area contributed by atoms with Gasteiger partial charge in [0.1, 0.15) is 5.41 Å². The van der Waals surface area contributed by atoms with Crippen LogP contribution in [-0.2, 0) is 16.0 Å². The van der Waals surface area contributed by atoms with Crippen LogP contribution in [0.15, 0.2) is 30.5 Å². The molecular formula is C16H21N3O3. The summed E-state index contributed by atoms with van der Waals surface area (Å²) >= 11 is 0. The van der Waals surface area contributed by atoms with Crippen LogP contribution in [-0.4, -0.2) is 34.6 Å². The number of aromatic nitrogens is 1. The Balaban J connectivity index is 1.95. The summed E-state index contributed by atoms with van der Waals surface area (Å²) in [6.07, 6.45) is 2.51. The fourth-order valence-corrected chi connectivity index (χ4v) is 2.20. The molecule has 1 atom stereocenters. The number of nitrogens with two attached hydrogens (primary N) is 1. The van der Waals surface area contributed by atoms with E-state index in [4.69, 9.17) is 10.8 Å². The number of aromatic amines is 1. The van der Waals surface area contributed by atoms with Crippen molar-refractivity contribution in [2.45, 2.75) is 26.3 Å². The molecule has 22 heavy (non-hydrogen) atoms. The first-order valence-electron chi connectivity index (χ1n) is 7.14. The molecule has 0 saturated carbocycles. The molecule has 6 nitrogen and oxygen atoms in total. The highest BCUT2D eigenvalue weighted by molar-refractivity contribution is 6.00. The first-order chi connectivity index (χ1) is 10.3. The lowest BCUT2D eigenvalue weighted by Gasteiger charge is -2.20. The molecule has 0 radical (unpaired) electrons. The molecule has 5 N–H and O–H groups in total. The van der Waals surface area contributed by atoms with Crippen LogP contribution in [0.1, 0.15) is 19.4 Å². The maximum absolute atomic E-state index is 11.9. The van der Waals surface area contributed by atoms with Crippen molar-refractivity contribution in [3.8, 4) is 0 Å². The molecule has 0 saturated heterocycles. The standard InChI is InChI=1S/C16H21N3O3/c1-16(2,15(21)22)14(20)19-9-11(17)7-10-8-18-13-6-4-3-5-12(10)13/h3-6,8,11,18H,7,9,17H2,1-2H3,(H,19,20)(H,21,22). The van der Waals surface area contributed by atoms with Crippen molar-refractivity contribution in [2.24, 2.45) is 11.1 Å². The number of benzene rings is 1. The lowest BCUT2D eigenvalue weighted by molar-refractivity contribution is -0.153. The van der Waals surface area contributed by atoms with Crippen LogP contribution in [0.25, 0.3) is 10.9 Å². The predicted molar refractivity (Wildman–Crippen MR) is 84.4 cm³/mol. The van der Waals surface area contributed by atoms with Gasteiger partial charge in [0.15, 0.2) is 0 Å². The molecule has 1 unspecified atom stereocenters. The zero-order valence-corrected chi connectivity index (χ0v) is 12.7. The molecule has 0 aliphatic carbocycles. The number of H-pyrrole nitrogens is 1. The summed E-state index contributed by atoms with van der Waals surface area (Å²) in [4.78, 5) is 26.1. The van der Waals surface area contributed by atoms with Gasteiger partial charge in [-0.05, 0) is 31.9 Å². The van der Waals surface area contributed by atoms with Gasteiger partial charge in [-0.2, -0.15) is 0 Å². The number of carboxylic acid groups (broad SMARTS) is 1. The van der Waals surface area contributed by atoms with Gasteiger partial charge in [-0.25, -0.2) is 0 Å². The number of hydrogen-bond donors (Lipinski definition) is 4. The van der Waals surface area contributed by atoms with Gasteiger partial charge < -0.3 is 21.1 Å². The first kappa shape index (κ1) is 16.0. The molecule has 0 aliphatic heterocycles. The van der Waals surface area contributed by atoms with Crippen LogP contribution in [0.5, 0.6) is 0 Å². The highest BCUT2D eigenvalue weighted by Crippen LogP contribution is 2.19. The van der Waals surface area contributed by atoms with Gasteiger partial charge in [0.25, 0.3) is 0 Å². The van der Waals surface area contributed by atoms with E-state index in [1.54, 1.807) is 0 Å².